The van der Waals surface area contributed by atoms with Crippen LogP contribution in [0.5, 0.6) is 17.2 Å². The van der Waals surface area contributed by atoms with E-state index in [1.165, 1.54) is 12.3 Å². The molecule has 3 heterocycles. The molecule has 0 saturated carbocycles. The monoisotopic (exact) mass is 848 g/mol. The van der Waals surface area contributed by atoms with Crippen LogP contribution in [0.25, 0.3) is 98.0 Å². The number of aromatic amines is 1. The molecule has 11 heteroatoms. The predicted octanol–water partition coefficient (Wildman–Crippen LogP) is 13.1. The number of aromatic nitrogens is 5. The molecule has 0 bridgehead atoms. The number of aromatic hydroxyl groups is 3. The van der Waals surface area contributed by atoms with E-state index < -0.39 is 4.92 Å². The van der Waals surface area contributed by atoms with Crippen molar-refractivity contribution in [2.24, 2.45) is 0 Å². The Balaban J connectivity index is 0.000000111. The molecule has 13 rings (SSSR count). The number of nitrogens with one attached hydrogen (secondary N) is 1. The van der Waals surface area contributed by atoms with Gasteiger partial charge in [-0.15, -0.1) is 0 Å². The molecule has 0 radical (unpaired) electrons. The smallest absolute Gasteiger partial charge is 0.320 e. The summed E-state index contributed by atoms with van der Waals surface area (Å²) in [5.41, 5.74) is 7.15. The van der Waals surface area contributed by atoms with E-state index in [1.807, 2.05) is 146 Å². The fraction of sp³-hybridized carbons (Fsp3) is 0. The van der Waals surface area contributed by atoms with Gasteiger partial charge in [-0.3, -0.25) is 0 Å². The van der Waals surface area contributed by atoms with E-state index in [0.717, 1.165) is 98.0 Å². The number of nitro groups is 1. The molecule has 0 atom stereocenters. The molecular weight excluding hydrogens is 813 g/mol. The van der Waals surface area contributed by atoms with Gasteiger partial charge in [-0.05, 0) is 105 Å². The van der Waals surface area contributed by atoms with Crippen LogP contribution in [0.1, 0.15) is 0 Å². The molecule has 0 aliphatic rings. The van der Waals surface area contributed by atoms with Crippen LogP contribution in [-0.2, 0) is 0 Å². The van der Waals surface area contributed by atoms with Gasteiger partial charge < -0.3 is 25.4 Å². The predicted molar refractivity (Wildman–Crippen MR) is 261 cm³/mol. The summed E-state index contributed by atoms with van der Waals surface area (Å²) in [6.07, 6.45) is 1.51. The fourth-order valence-corrected chi connectivity index (χ4v) is 8.12. The minimum atomic E-state index is -0.472. The number of phenols is 3. The lowest BCUT2D eigenvalue weighted by Crippen LogP contribution is -1.89. The molecule has 312 valence electrons. The molecule has 0 saturated heterocycles. The van der Waals surface area contributed by atoms with Crippen LogP contribution < -0.4 is 0 Å². The summed E-state index contributed by atoms with van der Waals surface area (Å²) < 4.78 is 0. The van der Waals surface area contributed by atoms with Crippen LogP contribution in [0.2, 0.25) is 0 Å². The van der Waals surface area contributed by atoms with Gasteiger partial charge in [-0.25, -0.2) is 24.9 Å². The van der Waals surface area contributed by atoms with Crippen LogP contribution in [-0.4, -0.2) is 45.2 Å². The molecule has 3 aromatic heterocycles. The molecule has 11 nitrogen and oxygen atoms in total. The first-order valence-corrected chi connectivity index (χ1v) is 20.6. The summed E-state index contributed by atoms with van der Waals surface area (Å²) in [5, 5.41) is 49.3. The lowest BCUT2D eigenvalue weighted by atomic mass is 10.00. The first kappa shape index (κ1) is 39.9. The Hall–Kier alpha value is -9.22. The van der Waals surface area contributed by atoms with Crippen molar-refractivity contribution in [1.82, 2.24) is 24.9 Å². The Bertz CT molecular complexity index is 3730. The second kappa shape index (κ2) is 16.9. The molecule has 0 fully saturated rings. The summed E-state index contributed by atoms with van der Waals surface area (Å²) in [6.45, 7) is 0. The number of rotatable bonds is 1. The normalized spacial score (nSPS) is 11.1. The van der Waals surface area contributed by atoms with E-state index in [-0.39, 0.29) is 5.82 Å². The summed E-state index contributed by atoms with van der Waals surface area (Å²) >= 11 is 0. The van der Waals surface area contributed by atoms with Crippen LogP contribution in [0, 0.1) is 10.1 Å². The number of fused-ring (bicyclic) bond motifs is 13. The van der Waals surface area contributed by atoms with Gasteiger partial charge >= 0.3 is 5.82 Å². The third-order valence-corrected chi connectivity index (χ3v) is 11.2. The minimum absolute atomic E-state index is 0.0324. The van der Waals surface area contributed by atoms with Crippen LogP contribution in [0.3, 0.4) is 0 Å². The van der Waals surface area contributed by atoms with E-state index in [2.05, 4.69) is 17.1 Å². The lowest BCUT2D eigenvalue weighted by molar-refractivity contribution is -0.389. The van der Waals surface area contributed by atoms with Gasteiger partial charge in [0.2, 0.25) is 0 Å². The van der Waals surface area contributed by atoms with Crippen LogP contribution >= 0.6 is 0 Å². The summed E-state index contributed by atoms with van der Waals surface area (Å²) in [7, 11) is 0. The Labute approximate surface area is 369 Å². The zero-order valence-corrected chi connectivity index (χ0v) is 34.4. The Morgan fingerprint density at radius 2 is 0.738 bits per heavy atom. The zero-order chi connectivity index (χ0) is 44.4. The molecule has 10 aromatic carbocycles. The maximum Gasteiger partial charge on any atom is 0.320 e. The second-order valence-electron chi connectivity index (χ2n) is 15.2. The fourth-order valence-electron chi connectivity index (χ4n) is 8.12. The first-order valence-electron chi connectivity index (χ1n) is 20.6. The average Bonchev–Trinajstić information content (AvgIpc) is 3.90. The molecule has 0 aliphatic heterocycles. The molecule has 0 unspecified atom stereocenters. The summed E-state index contributed by atoms with van der Waals surface area (Å²) in [5.74, 6) is 0.983. The summed E-state index contributed by atoms with van der Waals surface area (Å²) in [6, 6.07) is 59.3. The van der Waals surface area contributed by atoms with E-state index in [9.17, 15) is 25.4 Å². The van der Waals surface area contributed by atoms with Gasteiger partial charge in [0.25, 0.3) is 0 Å². The Kier molecular flexibility index (Phi) is 10.4. The van der Waals surface area contributed by atoms with Gasteiger partial charge in [0.05, 0.1) is 50.3 Å². The lowest BCUT2D eigenvalue weighted by Gasteiger charge is -2.08. The highest BCUT2D eigenvalue weighted by Crippen LogP contribution is 2.36. The van der Waals surface area contributed by atoms with E-state index >= 15 is 0 Å². The number of hydrogen-bond acceptors (Lipinski definition) is 9. The molecule has 0 amide bonds. The molecule has 0 aliphatic carbocycles. The van der Waals surface area contributed by atoms with Gasteiger partial charge in [0, 0.05) is 33.0 Å². The van der Waals surface area contributed by atoms with Crippen molar-refractivity contribution in [1.29, 1.82) is 0 Å². The number of H-pyrrole nitrogens is 1. The average molecular weight is 849 g/mol. The Morgan fingerprint density at radius 1 is 0.354 bits per heavy atom. The van der Waals surface area contributed by atoms with E-state index in [0.29, 0.717) is 17.2 Å². The van der Waals surface area contributed by atoms with Gasteiger partial charge in [0.1, 0.15) is 17.2 Å². The second-order valence-corrected chi connectivity index (χ2v) is 15.2. The third-order valence-electron chi connectivity index (χ3n) is 11.2. The maximum absolute atomic E-state index is 10.1. The van der Waals surface area contributed by atoms with Gasteiger partial charge in [-0.2, -0.15) is 0 Å². The van der Waals surface area contributed by atoms with Gasteiger partial charge in [-0.1, -0.05) is 109 Å². The highest BCUT2D eigenvalue weighted by Gasteiger charge is 2.11. The minimum Gasteiger partial charge on any atom is -0.507 e. The number of hydrogen-bond donors (Lipinski definition) is 4. The number of para-hydroxylation sites is 4. The number of phenolic OH excluding ortho intramolecular Hbond substituents is 3. The first-order chi connectivity index (χ1) is 31.8. The number of nitrogens with zero attached hydrogens (tertiary/aromatic N) is 5. The zero-order valence-electron chi connectivity index (χ0n) is 34.4. The Morgan fingerprint density at radius 3 is 1.20 bits per heavy atom. The topological polar surface area (TPSA) is 171 Å². The van der Waals surface area contributed by atoms with Crippen molar-refractivity contribution >= 4 is 104 Å². The standard InChI is InChI=1S/2C20H12N2O.C10H8O.C4H4N2O2/c2*23-19-7-3-4-12-13-10-11-18-20(15(13)9-8-14(12)19)22-17-6-2-1-5-16(17)21-18;11-10-7-3-5-8-4-1-2-6-9(8)10;7-6(8)4-2-1-3-5-4/h2*1-11,23H;1-7,11H;1-3,5H. The molecule has 0 spiro atoms. The van der Waals surface area contributed by atoms with Crippen molar-refractivity contribution in [3.63, 3.8) is 0 Å². The van der Waals surface area contributed by atoms with Crippen molar-refractivity contribution in [2.75, 3.05) is 0 Å². The summed E-state index contributed by atoms with van der Waals surface area (Å²) in [4.78, 5) is 30.8. The molecule has 4 N–H and O–H groups in total. The van der Waals surface area contributed by atoms with Crippen molar-refractivity contribution in [3.05, 3.63) is 204 Å². The van der Waals surface area contributed by atoms with Gasteiger partial charge in [0.15, 0.2) is 0 Å². The molecule has 13 aromatic rings. The van der Waals surface area contributed by atoms with E-state index in [4.69, 9.17) is 19.9 Å². The molecule has 65 heavy (non-hydrogen) atoms. The van der Waals surface area contributed by atoms with Crippen LogP contribution in [0.4, 0.5) is 5.82 Å². The number of benzene rings is 10. The van der Waals surface area contributed by atoms with E-state index in [1.54, 1.807) is 24.3 Å². The highest BCUT2D eigenvalue weighted by atomic mass is 16.6. The molecular formula is C54H36N6O5. The van der Waals surface area contributed by atoms with Crippen molar-refractivity contribution in [3.8, 4) is 17.2 Å². The quantitative estimate of drug-likeness (QED) is 0.0543. The highest BCUT2D eigenvalue weighted by molar-refractivity contribution is 6.18. The maximum atomic E-state index is 10.1. The van der Waals surface area contributed by atoms with Crippen molar-refractivity contribution < 1.29 is 20.2 Å². The van der Waals surface area contributed by atoms with Crippen molar-refractivity contribution in [2.45, 2.75) is 0 Å². The SMILES string of the molecule is O=[N+]([O-])c1ccc[nH]1.Oc1cccc2c1ccc1c2ccc2nc3ccccc3nc21.Oc1cccc2c1ccc1c2ccc2nc3ccccc3nc21.Oc1cccc2ccccc12. The third kappa shape index (κ3) is 7.70. The van der Waals surface area contributed by atoms with Crippen LogP contribution in [0.15, 0.2) is 194 Å². The largest absolute Gasteiger partial charge is 0.507 e.